The van der Waals surface area contributed by atoms with Gasteiger partial charge in [0.2, 0.25) is 0 Å². The lowest BCUT2D eigenvalue weighted by Crippen LogP contribution is -2.20. The fourth-order valence-corrected chi connectivity index (χ4v) is 1.54. The number of nitrogens with zero attached hydrogens (tertiary/aromatic N) is 3. The van der Waals surface area contributed by atoms with Gasteiger partial charge in [0, 0.05) is 12.6 Å². The van der Waals surface area contributed by atoms with Crippen LogP contribution in [-0.2, 0) is 0 Å². The van der Waals surface area contributed by atoms with Crippen molar-refractivity contribution in [1.29, 1.82) is 0 Å². The van der Waals surface area contributed by atoms with Gasteiger partial charge in [0.05, 0.1) is 0 Å². The zero-order valence-corrected chi connectivity index (χ0v) is 10.5. The van der Waals surface area contributed by atoms with Gasteiger partial charge in [0.25, 0.3) is 0 Å². The van der Waals surface area contributed by atoms with Crippen LogP contribution in [0.3, 0.4) is 0 Å². The number of aromatic amines is 1. The Labute approximate surface area is 99.1 Å². The van der Waals surface area contributed by atoms with E-state index in [2.05, 4.69) is 41.3 Å². The first kappa shape index (κ1) is 11.6. The molecule has 0 bridgehead atoms. The van der Waals surface area contributed by atoms with E-state index in [0.717, 1.165) is 12.4 Å². The number of hydrogen-bond donors (Lipinski definition) is 2. The number of fused-ring (bicyclic) bond motifs is 1. The smallest absolute Gasteiger partial charge is 0.349 e. The molecular weight excluding hydrogens is 218 g/mol. The van der Waals surface area contributed by atoms with Crippen LogP contribution < -0.4 is 11.0 Å². The minimum atomic E-state index is -0.257. The van der Waals surface area contributed by atoms with Gasteiger partial charge in [0.15, 0.2) is 5.65 Å². The molecule has 0 amide bonds. The van der Waals surface area contributed by atoms with Crippen molar-refractivity contribution in [2.45, 2.75) is 27.7 Å². The highest BCUT2D eigenvalue weighted by molar-refractivity contribution is 5.49. The van der Waals surface area contributed by atoms with Crippen molar-refractivity contribution in [3.05, 3.63) is 22.4 Å². The monoisotopic (exact) mass is 235 g/mol. The SMILES string of the molecule is Cc1nc(NCC(C)(C)C)cc2n[nH]c(=O)n12. The number of aromatic nitrogens is 4. The van der Waals surface area contributed by atoms with Gasteiger partial charge in [-0.1, -0.05) is 20.8 Å². The number of rotatable bonds is 2. The third kappa shape index (κ3) is 2.46. The highest BCUT2D eigenvalue weighted by atomic mass is 16.1. The average Bonchev–Trinajstić information content (AvgIpc) is 2.57. The maximum absolute atomic E-state index is 11.4. The van der Waals surface area contributed by atoms with Gasteiger partial charge in [-0.15, -0.1) is 0 Å². The Bertz CT molecular complexity index is 590. The Morgan fingerprint density at radius 2 is 2.18 bits per heavy atom. The third-order valence-corrected chi connectivity index (χ3v) is 2.37. The summed E-state index contributed by atoms with van der Waals surface area (Å²) in [6.07, 6.45) is 0. The normalized spacial score (nSPS) is 12.0. The van der Waals surface area contributed by atoms with Crippen LogP contribution in [0.2, 0.25) is 0 Å². The van der Waals surface area contributed by atoms with Gasteiger partial charge in [-0.2, -0.15) is 5.10 Å². The quantitative estimate of drug-likeness (QED) is 0.819. The molecule has 2 rings (SSSR count). The lowest BCUT2D eigenvalue weighted by molar-refractivity contribution is 0.442. The van der Waals surface area contributed by atoms with Crippen molar-refractivity contribution in [3.63, 3.8) is 0 Å². The van der Waals surface area contributed by atoms with Gasteiger partial charge >= 0.3 is 5.69 Å². The number of anilines is 1. The molecule has 2 heterocycles. The summed E-state index contributed by atoms with van der Waals surface area (Å²) in [6.45, 7) is 9.02. The van der Waals surface area contributed by atoms with Crippen molar-refractivity contribution >= 4 is 11.5 Å². The van der Waals surface area contributed by atoms with Crippen molar-refractivity contribution in [1.82, 2.24) is 19.6 Å². The first-order valence-electron chi connectivity index (χ1n) is 5.55. The summed E-state index contributed by atoms with van der Waals surface area (Å²) in [6, 6.07) is 1.76. The van der Waals surface area contributed by atoms with E-state index in [1.54, 1.807) is 13.0 Å². The number of hydrogen-bond acceptors (Lipinski definition) is 4. The Morgan fingerprint density at radius 3 is 2.82 bits per heavy atom. The first-order valence-corrected chi connectivity index (χ1v) is 5.55. The average molecular weight is 235 g/mol. The Balaban J connectivity index is 2.34. The molecule has 0 fully saturated rings. The molecule has 6 nitrogen and oxygen atoms in total. The Kier molecular flexibility index (Phi) is 2.65. The summed E-state index contributed by atoms with van der Waals surface area (Å²) in [5.74, 6) is 1.36. The maximum atomic E-state index is 11.4. The van der Waals surface area contributed by atoms with Crippen LogP contribution >= 0.6 is 0 Å². The molecule has 0 unspecified atom stereocenters. The molecule has 2 N–H and O–H groups in total. The van der Waals surface area contributed by atoms with E-state index in [-0.39, 0.29) is 11.1 Å². The predicted molar refractivity (Wildman–Crippen MR) is 66.3 cm³/mol. The van der Waals surface area contributed by atoms with E-state index in [4.69, 9.17) is 0 Å². The molecule has 0 aromatic carbocycles. The molecule has 6 heteroatoms. The highest BCUT2D eigenvalue weighted by Crippen LogP contribution is 2.15. The minimum absolute atomic E-state index is 0.174. The Hall–Kier alpha value is -1.85. The lowest BCUT2D eigenvalue weighted by atomic mass is 9.97. The molecule has 0 saturated carbocycles. The minimum Gasteiger partial charge on any atom is -0.369 e. The van der Waals surface area contributed by atoms with Gasteiger partial charge in [-0.25, -0.2) is 19.3 Å². The van der Waals surface area contributed by atoms with Crippen LogP contribution in [0.15, 0.2) is 10.9 Å². The maximum Gasteiger partial charge on any atom is 0.349 e. The molecule has 17 heavy (non-hydrogen) atoms. The molecular formula is C11H17N5O. The van der Waals surface area contributed by atoms with Crippen LogP contribution in [0.1, 0.15) is 26.6 Å². The van der Waals surface area contributed by atoms with Crippen molar-refractivity contribution in [3.8, 4) is 0 Å². The number of nitrogens with one attached hydrogen (secondary N) is 2. The summed E-state index contributed by atoms with van der Waals surface area (Å²) in [5.41, 5.74) is 0.499. The van der Waals surface area contributed by atoms with Crippen LogP contribution in [-0.4, -0.2) is 26.1 Å². The van der Waals surface area contributed by atoms with Crippen molar-refractivity contribution in [2.75, 3.05) is 11.9 Å². The number of aryl methyl sites for hydroxylation is 1. The van der Waals surface area contributed by atoms with Crippen molar-refractivity contribution in [2.24, 2.45) is 5.41 Å². The topological polar surface area (TPSA) is 75.1 Å². The van der Waals surface area contributed by atoms with E-state index in [1.807, 2.05) is 0 Å². The Morgan fingerprint density at radius 1 is 1.47 bits per heavy atom. The molecule has 2 aromatic rings. The fourth-order valence-electron chi connectivity index (χ4n) is 1.54. The lowest BCUT2D eigenvalue weighted by Gasteiger charge is -2.19. The zero-order chi connectivity index (χ0) is 12.6. The molecule has 0 radical (unpaired) electrons. The van der Waals surface area contributed by atoms with Gasteiger partial charge in [-0.3, -0.25) is 0 Å². The van der Waals surface area contributed by atoms with Gasteiger partial charge in [0.1, 0.15) is 11.6 Å². The summed E-state index contributed by atoms with van der Waals surface area (Å²) in [4.78, 5) is 15.7. The van der Waals surface area contributed by atoms with Gasteiger partial charge < -0.3 is 5.32 Å². The standard InChI is InChI=1S/C11H17N5O/c1-7-13-8(12-6-11(2,3)4)5-9-14-15-10(17)16(7)9/h5,12H,6H2,1-4H3,(H,15,17). The summed E-state index contributed by atoms with van der Waals surface area (Å²) >= 11 is 0. The van der Waals surface area contributed by atoms with E-state index in [1.165, 1.54) is 4.40 Å². The fraction of sp³-hybridized carbons (Fsp3) is 0.545. The first-order chi connectivity index (χ1) is 7.87. The van der Waals surface area contributed by atoms with Crippen LogP contribution in [0.25, 0.3) is 5.65 Å². The summed E-state index contributed by atoms with van der Waals surface area (Å²) < 4.78 is 1.45. The van der Waals surface area contributed by atoms with Crippen LogP contribution in [0.4, 0.5) is 5.82 Å². The molecule has 0 aliphatic rings. The third-order valence-electron chi connectivity index (χ3n) is 2.37. The number of H-pyrrole nitrogens is 1. The second-order valence-corrected chi connectivity index (χ2v) is 5.33. The van der Waals surface area contributed by atoms with E-state index < -0.39 is 0 Å². The molecule has 2 aromatic heterocycles. The van der Waals surface area contributed by atoms with Crippen molar-refractivity contribution < 1.29 is 0 Å². The summed E-state index contributed by atoms with van der Waals surface area (Å²) in [5, 5.41) is 9.58. The summed E-state index contributed by atoms with van der Waals surface area (Å²) in [7, 11) is 0. The van der Waals surface area contributed by atoms with E-state index >= 15 is 0 Å². The largest absolute Gasteiger partial charge is 0.369 e. The van der Waals surface area contributed by atoms with Crippen LogP contribution in [0, 0.1) is 12.3 Å². The molecule has 0 atom stereocenters. The highest BCUT2D eigenvalue weighted by Gasteiger charge is 2.11. The zero-order valence-electron chi connectivity index (χ0n) is 10.5. The predicted octanol–water partition coefficient (Wildman–Crippen LogP) is 1.18. The second kappa shape index (κ2) is 3.87. The molecule has 0 aliphatic heterocycles. The second-order valence-electron chi connectivity index (χ2n) is 5.33. The molecule has 0 spiro atoms. The van der Waals surface area contributed by atoms with Crippen LogP contribution in [0.5, 0.6) is 0 Å². The molecule has 0 aliphatic carbocycles. The molecule has 0 saturated heterocycles. The van der Waals surface area contributed by atoms with E-state index in [0.29, 0.717) is 11.5 Å². The van der Waals surface area contributed by atoms with Gasteiger partial charge in [-0.05, 0) is 12.3 Å². The molecule has 92 valence electrons. The van der Waals surface area contributed by atoms with E-state index in [9.17, 15) is 4.79 Å².